The van der Waals surface area contributed by atoms with E-state index in [-0.39, 0.29) is 5.60 Å². The number of pyridine rings is 2. The lowest BCUT2D eigenvalue weighted by molar-refractivity contribution is -0.0562. The minimum atomic E-state index is -0.194. The van der Waals surface area contributed by atoms with Gasteiger partial charge in [0.1, 0.15) is 11.4 Å². The molecule has 4 heterocycles. The summed E-state index contributed by atoms with van der Waals surface area (Å²) >= 11 is 0. The van der Waals surface area contributed by atoms with Crippen LogP contribution in [0.4, 0.5) is 5.82 Å². The quantitative estimate of drug-likeness (QED) is 0.888. The standard InChI is InChI=1S/C20H26N4O2/c1-2-6-22-19(3-1)23-12-18-11-20(26-14-18)15-24(9-10-25-16-20)13-17-4-7-21-8-5-17/h1-8,18H,9-16H2,(H,22,23). The largest absolute Gasteiger partial charge is 0.377 e. The van der Waals surface area contributed by atoms with Gasteiger partial charge in [-0.3, -0.25) is 9.88 Å². The van der Waals surface area contributed by atoms with Crippen LogP contribution in [-0.2, 0) is 16.0 Å². The summed E-state index contributed by atoms with van der Waals surface area (Å²) in [7, 11) is 0. The van der Waals surface area contributed by atoms with Gasteiger partial charge in [0.15, 0.2) is 0 Å². The molecule has 2 saturated heterocycles. The van der Waals surface area contributed by atoms with Gasteiger partial charge in [-0.1, -0.05) is 6.07 Å². The average Bonchev–Trinajstić information content (AvgIpc) is 2.97. The van der Waals surface area contributed by atoms with Crippen LogP contribution < -0.4 is 5.32 Å². The number of hydrogen-bond acceptors (Lipinski definition) is 6. The maximum absolute atomic E-state index is 6.29. The van der Waals surface area contributed by atoms with Crippen molar-refractivity contribution in [1.29, 1.82) is 0 Å². The third kappa shape index (κ3) is 4.38. The van der Waals surface area contributed by atoms with Crippen LogP contribution in [0.5, 0.6) is 0 Å². The number of nitrogens with zero attached hydrogens (tertiary/aromatic N) is 3. The van der Waals surface area contributed by atoms with Gasteiger partial charge in [-0.25, -0.2) is 4.98 Å². The Balaban J connectivity index is 1.34. The summed E-state index contributed by atoms with van der Waals surface area (Å²) in [6.45, 7) is 5.84. The molecule has 2 fully saturated rings. The van der Waals surface area contributed by atoms with Crippen LogP contribution in [0.3, 0.4) is 0 Å². The highest BCUT2D eigenvalue weighted by molar-refractivity contribution is 5.33. The van der Waals surface area contributed by atoms with Gasteiger partial charge in [0.2, 0.25) is 0 Å². The zero-order chi connectivity index (χ0) is 17.7. The minimum Gasteiger partial charge on any atom is -0.377 e. The van der Waals surface area contributed by atoms with E-state index in [2.05, 4.69) is 32.3 Å². The molecule has 6 heteroatoms. The topological polar surface area (TPSA) is 59.5 Å². The molecular weight excluding hydrogens is 328 g/mol. The summed E-state index contributed by atoms with van der Waals surface area (Å²) in [5.74, 6) is 1.39. The minimum absolute atomic E-state index is 0.194. The fourth-order valence-electron chi connectivity index (χ4n) is 3.86. The van der Waals surface area contributed by atoms with Crippen molar-refractivity contribution in [1.82, 2.24) is 14.9 Å². The molecule has 0 aromatic carbocycles. The highest BCUT2D eigenvalue weighted by Crippen LogP contribution is 2.33. The second kappa shape index (κ2) is 8.12. The van der Waals surface area contributed by atoms with E-state index in [1.165, 1.54) is 5.56 Å². The van der Waals surface area contributed by atoms with Gasteiger partial charge in [0, 0.05) is 50.7 Å². The highest BCUT2D eigenvalue weighted by Gasteiger charge is 2.43. The molecule has 1 spiro atoms. The molecule has 4 rings (SSSR count). The Morgan fingerprint density at radius 1 is 1.19 bits per heavy atom. The molecule has 2 unspecified atom stereocenters. The Morgan fingerprint density at radius 3 is 2.96 bits per heavy atom. The number of anilines is 1. The zero-order valence-electron chi connectivity index (χ0n) is 15.0. The fourth-order valence-corrected chi connectivity index (χ4v) is 3.86. The van der Waals surface area contributed by atoms with E-state index in [9.17, 15) is 0 Å². The fraction of sp³-hybridized carbons (Fsp3) is 0.500. The smallest absolute Gasteiger partial charge is 0.125 e. The van der Waals surface area contributed by atoms with E-state index in [1.54, 1.807) is 0 Å². The maximum atomic E-state index is 6.29. The third-order valence-corrected chi connectivity index (χ3v) is 5.11. The zero-order valence-corrected chi connectivity index (χ0v) is 15.0. The Bertz CT molecular complexity index is 685. The predicted molar refractivity (Wildman–Crippen MR) is 99.8 cm³/mol. The van der Waals surface area contributed by atoms with Gasteiger partial charge in [0.25, 0.3) is 0 Å². The van der Waals surface area contributed by atoms with Crippen LogP contribution in [0.1, 0.15) is 12.0 Å². The van der Waals surface area contributed by atoms with Crippen molar-refractivity contribution < 1.29 is 9.47 Å². The van der Waals surface area contributed by atoms with Gasteiger partial charge in [-0.2, -0.15) is 0 Å². The van der Waals surface area contributed by atoms with Gasteiger partial charge in [-0.05, 0) is 36.2 Å². The summed E-state index contributed by atoms with van der Waals surface area (Å²) in [6, 6.07) is 10.1. The van der Waals surface area contributed by atoms with Crippen LogP contribution in [0.25, 0.3) is 0 Å². The van der Waals surface area contributed by atoms with Crippen LogP contribution in [0, 0.1) is 5.92 Å². The van der Waals surface area contributed by atoms with Crippen LogP contribution in [0.2, 0.25) is 0 Å². The molecule has 0 bridgehead atoms. The number of hydrogen-bond donors (Lipinski definition) is 1. The Hall–Kier alpha value is -2.02. The lowest BCUT2D eigenvalue weighted by Crippen LogP contribution is -2.43. The molecule has 0 aliphatic carbocycles. The molecule has 1 N–H and O–H groups in total. The predicted octanol–water partition coefficient (Wildman–Crippen LogP) is 2.20. The molecule has 2 aliphatic heterocycles. The molecule has 0 amide bonds. The first-order valence-electron chi connectivity index (χ1n) is 9.29. The second-order valence-corrected chi connectivity index (χ2v) is 7.28. The van der Waals surface area contributed by atoms with Crippen molar-refractivity contribution in [3.05, 3.63) is 54.5 Å². The molecule has 2 aliphatic rings. The summed E-state index contributed by atoms with van der Waals surface area (Å²) < 4.78 is 12.2. The van der Waals surface area contributed by atoms with Crippen molar-refractivity contribution in [2.45, 2.75) is 18.6 Å². The van der Waals surface area contributed by atoms with E-state index in [0.29, 0.717) is 12.5 Å². The summed E-state index contributed by atoms with van der Waals surface area (Å²) in [6.07, 6.45) is 6.53. The molecule has 0 radical (unpaired) electrons. The molecule has 2 aromatic heterocycles. The lowest BCUT2D eigenvalue weighted by Gasteiger charge is -2.31. The molecule has 0 saturated carbocycles. The number of rotatable bonds is 5. The molecule has 26 heavy (non-hydrogen) atoms. The molecule has 2 atom stereocenters. The summed E-state index contributed by atoms with van der Waals surface area (Å²) in [5.41, 5.74) is 1.09. The van der Waals surface area contributed by atoms with Gasteiger partial charge in [0.05, 0.1) is 19.8 Å². The van der Waals surface area contributed by atoms with Crippen molar-refractivity contribution in [2.75, 3.05) is 44.8 Å². The third-order valence-electron chi connectivity index (χ3n) is 5.11. The van der Waals surface area contributed by atoms with Crippen LogP contribution in [0.15, 0.2) is 48.9 Å². The molecular formula is C20H26N4O2. The van der Waals surface area contributed by atoms with E-state index in [4.69, 9.17) is 9.47 Å². The Kier molecular flexibility index (Phi) is 5.43. The first-order chi connectivity index (χ1) is 12.8. The lowest BCUT2D eigenvalue weighted by atomic mass is 9.94. The first kappa shape index (κ1) is 17.4. The second-order valence-electron chi connectivity index (χ2n) is 7.28. The normalized spacial score (nSPS) is 26.7. The van der Waals surface area contributed by atoms with Crippen molar-refractivity contribution in [3.63, 3.8) is 0 Å². The molecule has 2 aromatic rings. The molecule has 138 valence electrons. The number of nitrogens with one attached hydrogen (secondary N) is 1. The van der Waals surface area contributed by atoms with Gasteiger partial charge in [-0.15, -0.1) is 0 Å². The van der Waals surface area contributed by atoms with Gasteiger partial charge >= 0.3 is 0 Å². The van der Waals surface area contributed by atoms with Gasteiger partial charge < -0.3 is 14.8 Å². The Labute approximate surface area is 154 Å². The Morgan fingerprint density at radius 2 is 2.12 bits per heavy atom. The van der Waals surface area contributed by atoms with E-state index in [1.807, 2.05) is 36.8 Å². The monoisotopic (exact) mass is 354 g/mol. The van der Waals surface area contributed by atoms with Crippen molar-refractivity contribution >= 4 is 5.82 Å². The van der Waals surface area contributed by atoms with E-state index < -0.39 is 0 Å². The first-order valence-corrected chi connectivity index (χ1v) is 9.29. The summed E-state index contributed by atoms with van der Waals surface area (Å²) in [5, 5.41) is 3.42. The SMILES string of the molecule is c1ccc(NCC2COC3(COCCN(Cc4ccncc4)C3)C2)nc1. The van der Waals surface area contributed by atoms with E-state index >= 15 is 0 Å². The summed E-state index contributed by atoms with van der Waals surface area (Å²) in [4.78, 5) is 10.9. The van der Waals surface area contributed by atoms with Crippen LogP contribution >= 0.6 is 0 Å². The van der Waals surface area contributed by atoms with E-state index in [0.717, 1.165) is 51.6 Å². The van der Waals surface area contributed by atoms with Crippen molar-refractivity contribution in [3.8, 4) is 0 Å². The number of ether oxygens (including phenoxy) is 2. The number of aromatic nitrogens is 2. The molecule has 6 nitrogen and oxygen atoms in total. The van der Waals surface area contributed by atoms with Crippen molar-refractivity contribution in [2.24, 2.45) is 5.92 Å². The van der Waals surface area contributed by atoms with Crippen LogP contribution in [-0.4, -0.2) is 59.9 Å². The average molecular weight is 354 g/mol. The maximum Gasteiger partial charge on any atom is 0.125 e. The highest BCUT2D eigenvalue weighted by atomic mass is 16.5.